The zero-order chi connectivity index (χ0) is 12.5. The number of nitrogens with one attached hydrogen (secondary N) is 1. The number of hydrogen-bond donors (Lipinski definition) is 2. The van der Waals surface area contributed by atoms with Gasteiger partial charge in [0.15, 0.2) is 0 Å². The smallest absolute Gasteiger partial charge is 0.339 e. The summed E-state index contributed by atoms with van der Waals surface area (Å²) in [6.07, 6.45) is 6.75. The lowest BCUT2D eigenvalue weighted by Crippen LogP contribution is -2.15. The molecule has 3 rings (SSSR count). The van der Waals surface area contributed by atoms with Crippen LogP contribution in [0, 0.1) is 5.92 Å². The minimum absolute atomic E-state index is 0.330. The minimum Gasteiger partial charge on any atom is -0.478 e. The van der Waals surface area contributed by atoms with Crippen LogP contribution in [0.5, 0.6) is 0 Å². The Bertz CT molecular complexity index is 481. The molecule has 0 aliphatic heterocycles. The third-order valence-corrected chi connectivity index (χ3v) is 3.79. The van der Waals surface area contributed by atoms with Crippen molar-refractivity contribution in [2.24, 2.45) is 5.92 Å². The van der Waals surface area contributed by atoms with Gasteiger partial charge in [-0.2, -0.15) is 0 Å². The Balaban J connectivity index is 1.90. The van der Waals surface area contributed by atoms with Gasteiger partial charge in [-0.1, -0.05) is 0 Å². The molecule has 1 heterocycles. The van der Waals surface area contributed by atoms with E-state index in [9.17, 15) is 9.90 Å². The van der Waals surface area contributed by atoms with Gasteiger partial charge in [-0.25, -0.2) is 9.78 Å². The molecule has 4 nitrogen and oxygen atoms in total. The summed E-state index contributed by atoms with van der Waals surface area (Å²) in [6.45, 7) is 0.853. The first-order valence-electron chi connectivity index (χ1n) is 6.74. The molecule has 96 valence electrons. The van der Waals surface area contributed by atoms with Gasteiger partial charge in [-0.3, -0.25) is 0 Å². The third kappa shape index (κ3) is 2.33. The van der Waals surface area contributed by atoms with Crippen molar-refractivity contribution in [1.82, 2.24) is 4.98 Å². The number of aryl methyl sites for hydroxylation is 2. The number of carboxylic acids is 1. The molecule has 1 aromatic rings. The SMILES string of the molecule is O=C(O)c1cc2c(nc1NCC1CC1)CCCC2. The standard InChI is InChI=1S/C14H18N2O2/c17-14(18)11-7-10-3-1-2-4-12(10)16-13(11)15-8-9-5-6-9/h7,9H,1-6,8H2,(H,15,16)(H,17,18). The summed E-state index contributed by atoms with van der Waals surface area (Å²) in [5.74, 6) is 0.397. The number of fused-ring (bicyclic) bond motifs is 1. The first-order chi connectivity index (χ1) is 8.74. The van der Waals surface area contributed by atoms with E-state index in [1.807, 2.05) is 6.07 Å². The van der Waals surface area contributed by atoms with Crippen molar-refractivity contribution < 1.29 is 9.90 Å². The fourth-order valence-corrected chi connectivity index (χ4v) is 2.49. The van der Waals surface area contributed by atoms with Crippen molar-refractivity contribution in [3.05, 3.63) is 22.9 Å². The fraction of sp³-hybridized carbons (Fsp3) is 0.571. The van der Waals surface area contributed by atoms with Crippen molar-refractivity contribution >= 4 is 11.8 Å². The Morgan fingerprint density at radius 3 is 2.89 bits per heavy atom. The predicted octanol–water partition coefficient (Wildman–Crippen LogP) is 2.48. The Kier molecular flexibility index (Phi) is 2.94. The molecule has 0 bridgehead atoms. The molecule has 0 radical (unpaired) electrons. The molecule has 0 spiro atoms. The zero-order valence-corrected chi connectivity index (χ0v) is 10.4. The van der Waals surface area contributed by atoms with Gasteiger partial charge in [0, 0.05) is 12.2 Å². The Labute approximate surface area is 106 Å². The fourth-order valence-electron chi connectivity index (χ4n) is 2.49. The van der Waals surface area contributed by atoms with Gasteiger partial charge in [0.2, 0.25) is 0 Å². The highest BCUT2D eigenvalue weighted by atomic mass is 16.4. The molecular formula is C14H18N2O2. The summed E-state index contributed by atoms with van der Waals surface area (Å²) in [7, 11) is 0. The molecule has 2 aliphatic carbocycles. The number of carboxylic acid groups (broad SMARTS) is 1. The van der Waals surface area contributed by atoms with E-state index < -0.39 is 5.97 Å². The maximum atomic E-state index is 11.3. The van der Waals surface area contributed by atoms with Crippen molar-refractivity contribution in [1.29, 1.82) is 0 Å². The highest BCUT2D eigenvalue weighted by Gasteiger charge is 2.23. The minimum atomic E-state index is -0.880. The topological polar surface area (TPSA) is 62.2 Å². The number of nitrogens with zero attached hydrogens (tertiary/aromatic N) is 1. The Hall–Kier alpha value is -1.58. The number of carbonyl (C=O) groups is 1. The van der Waals surface area contributed by atoms with Crippen LogP contribution in [0.3, 0.4) is 0 Å². The second-order valence-electron chi connectivity index (χ2n) is 5.33. The molecule has 2 N–H and O–H groups in total. The zero-order valence-electron chi connectivity index (χ0n) is 10.4. The molecule has 18 heavy (non-hydrogen) atoms. The molecule has 1 saturated carbocycles. The molecule has 1 fully saturated rings. The summed E-state index contributed by atoms with van der Waals surface area (Å²) < 4.78 is 0. The maximum absolute atomic E-state index is 11.3. The predicted molar refractivity (Wildman–Crippen MR) is 69.1 cm³/mol. The van der Waals surface area contributed by atoms with Crippen molar-refractivity contribution in [3.8, 4) is 0 Å². The summed E-state index contributed by atoms with van der Waals surface area (Å²) >= 11 is 0. The highest BCUT2D eigenvalue weighted by Crippen LogP contribution is 2.30. The summed E-state index contributed by atoms with van der Waals surface area (Å²) in [4.78, 5) is 15.8. The number of hydrogen-bond acceptors (Lipinski definition) is 3. The van der Waals surface area contributed by atoms with Gasteiger partial charge < -0.3 is 10.4 Å². The van der Waals surface area contributed by atoms with E-state index in [0.717, 1.165) is 43.5 Å². The number of rotatable bonds is 4. The largest absolute Gasteiger partial charge is 0.478 e. The molecule has 2 aliphatic rings. The lowest BCUT2D eigenvalue weighted by molar-refractivity contribution is 0.0697. The molecule has 0 saturated heterocycles. The van der Waals surface area contributed by atoms with Gasteiger partial charge in [0.1, 0.15) is 11.4 Å². The second kappa shape index (κ2) is 4.59. The van der Waals surface area contributed by atoms with Crippen LogP contribution in [-0.2, 0) is 12.8 Å². The van der Waals surface area contributed by atoms with Crippen LogP contribution in [0.2, 0.25) is 0 Å². The van der Waals surface area contributed by atoms with E-state index in [1.165, 1.54) is 12.8 Å². The summed E-state index contributed by atoms with van der Waals surface area (Å²) in [5.41, 5.74) is 2.54. The van der Waals surface area contributed by atoms with Gasteiger partial charge in [0.25, 0.3) is 0 Å². The molecule has 0 aromatic carbocycles. The Morgan fingerprint density at radius 1 is 1.39 bits per heavy atom. The van der Waals surface area contributed by atoms with Crippen LogP contribution in [0.25, 0.3) is 0 Å². The van der Waals surface area contributed by atoms with Crippen LogP contribution in [0.15, 0.2) is 6.07 Å². The van der Waals surface area contributed by atoms with Gasteiger partial charge in [-0.05, 0) is 56.1 Å². The van der Waals surface area contributed by atoms with Crippen molar-refractivity contribution in [2.45, 2.75) is 38.5 Å². The van der Waals surface area contributed by atoms with Crippen molar-refractivity contribution in [3.63, 3.8) is 0 Å². The van der Waals surface area contributed by atoms with E-state index in [1.54, 1.807) is 0 Å². The normalized spacial score (nSPS) is 18.2. The van der Waals surface area contributed by atoms with Gasteiger partial charge in [-0.15, -0.1) is 0 Å². The lowest BCUT2D eigenvalue weighted by atomic mass is 9.94. The average molecular weight is 246 g/mol. The van der Waals surface area contributed by atoms with Crippen LogP contribution >= 0.6 is 0 Å². The summed E-state index contributed by atoms with van der Waals surface area (Å²) in [5, 5.41) is 12.5. The maximum Gasteiger partial charge on any atom is 0.339 e. The number of anilines is 1. The molecular weight excluding hydrogens is 228 g/mol. The van der Waals surface area contributed by atoms with E-state index in [4.69, 9.17) is 0 Å². The number of aromatic carboxylic acids is 1. The highest BCUT2D eigenvalue weighted by molar-refractivity contribution is 5.93. The quantitative estimate of drug-likeness (QED) is 0.856. The van der Waals surface area contributed by atoms with Crippen LogP contribution < -0.4 is 5.32 Å². The molecule has 4 heteroatoms. The third-order valence-electron chi connectivity index (χ3n) is 3.79. The Morgan fingerprint density at radius 2 is 2.17 bits per heavy atom. The molecule has 0 unspecified atom stereocenters. The second-order valence-corrected chi connectivity index (χ2v) is 5.33. The number of pyridine rings is 1. The average Bonchev–Trinajstić information content (AvgIpc) is 3.19. The summed E-state index contributed by atoms with van der Waals surface area (Å²) in [6, 6.07) is 1.82. The van der Waals surface area contributed by atoms with Crippen LogP contribution in [0.1, 0.15) is 47.3 Å². The molecule has 0 atom stereocenters. The number of aromatic nitrogens is 1. The first-order valence-corrected chi connectivity index (χ1v) is 6.74. The van der Waals surface area contributed by atoms with Crippen LogP contribution in [-0.4, -0.2) is 22.6 Å². The van der Waals surface area contributed by atoms with Gasteiger partial charge >= 0.3 is 5.97 Å². The van der Waals surface area contributed by atoms with E-state index in [2.05, 4.69) is 10.3 Å². The van der Waals surface area contributed by atoms with Crippen LogP contribution in [0.4, 0.5) is 5.82 Å². The molecule has 0 amide bonds. The monoisotopic (exact) mass is 246 g/mol. The van der Waals surface area contributed by atoms with Gasteiger partial charge in [0.05, 0.1) is 0 Å². The first kappa shape index (κ1) is 11.5. The van der Waals surface area contributed by atoms with E-state index in [-0.39, 0.29) is 0 Å². The van der Waals surface area contributed by atoms with E-state index >= 15 is 0 Å². The van der Waals surface area contributed by atoms with Crippen molar-refractivity contribution in [2.75, 3.05) is 11.9 Å². The van der Waals surface area contributed by atoms with E-state index in [0.29, 0.717) is 17.3 Å². The lowest BCUT2D eigenvalue weighted by Gasteiger charge is -2.18. The molecule has 1 aromatic heterocycles.